The van der Waals surface area contributed by atoms with Gasteiger partial charge < -0.3 is 5.32 Å². The number of anilines is 1. The van der Waals surface area contributed by atoms with Crippen LogP contribution in [0.5, 0.6) is 0 Å². The molecule has 0 atom stereocenters. The molecule has 1 heterocycles. The first-order chi connectivity index (χ1) is 5.36. The van der Waals surface area contributed by atoms with E-state index < -0.39 is 0 Å². The zero-order valence-corrected chi connectivity index (χ0v) is 6.75. The number of fused-ring (bicyclic) bond motifs is 1. The molecule has 3 heteroatoms. The van der Waals surface area contributed by atoms with Gasteiger partial charge in [0.05, 0.1) is 0 Å². The molecule has 0 amide bonds. The zero-order valence-electron chi connectivity index (χ0n) is 5.93. The highest BCUT2D eigenvalue weighted by Gasteiger charge is 2.08. The van der Waals surface area contributed by atoms with Crippen LogP contribution in [0.15, 0.2) is 23.1 Å². The van der Waals surface area contributed by atoms with E-state index in [1.807, 2.05) is 0 Å². The van der Waals surface area contributed by atoms with Crippen molar-refractivity contribution in [3.8, 4) is 0 Å². The van der Waals surface area contributed by atoms with Gasteiger partial charge in [-0.2, -0.15) is 0 Å². The second-order valence-electron chi connectivity index (χ2n) is 2.42. The third kappa shape index (κ3) is 1.33. The first kappa shape index (κ1) is 6.98. The van der Waals surface area contributed by atoms with Crippen molar-refractivity contribution in [1.82, 2.24) is 0 Å². The molecule has 0 spiro atoms. The van der Waals surface area contributed by atoms with Gasteiger partial charge >= 0.3 is 0 Å². The summed E-state index contributed by atoms with van der Waals surface area (Å²) < 4.78 is 12.7. The first-order valence-corrected chi connectivity index (χ1v) is 4.51. The molecule has 0 saturated carbocycles. The molecule has 0 unspecified atom stereocenters. The second-order valence-corrected chi connectivity index (χ2v) is 3.55. The molecule has 0 fully saturated rings. The van der Waals surface area contributed by atoms with Crippen molar-refractivity contribution in [2.24, 2.45) is 0 Å². The second kappa shape index (κ2) is 2.74. The van der Waals surface area contributed by atoms with Crippen LogP contribution in [0, 0.1) is 5.82 Å². The molecule has 1 aromatic carbocycles. The Balaban J connectivity index is 2.43. The Labute approximate surface area is 69.0 Å². The van der Waals surface area contributed by atoms with E-state index in [0.717, 1.165) is 22.9 Å². The van der Waals surface area contributed by atoms with Crippen LogP contribution < -0.4 is 5.32 Å². The van der Waals surface area contributed by atoms with E-state index in [0.29, 0.717) is 0 Å². The van der Waals surface area contributed by atoms with E-state index in [-0.39, 0.29) is 5.82 Å². The third-order valence-corrected chi connectivity index (χ3v) is 2.68. The van der Waals surface area contributed by atoms with Gasteiger partial charge in [0.25, 0.3) is 0 Å². The van der Waals surface area contributed by atoms with Crippen LogP contribution >= 0.6 is 11.8 Å². The Hall–Kier alpha value is -0.700. The van der Waals surface area contributed by atoms with Crippen molar-refractivity contribution in [2.45, 2.75) is 4.90 Å². The number of hydrogen-bond acceptors (Lipinski definition) is 2. The maximum Gasteiger partial charge on any atom is 0.124 e. The number of thioether (sulfide) groups is 1. The van der Waals surface area contributed by atoms with E-state index >= 15 is 0 Å². The molecule has 11 heavy (non-hydrogen) atoms. The minimum absolute atomic E-state index is 0.153. The minimum atomic E-state index is -0.153. The van der Waals surface area contributed by atoms with Crippen molar-refractivity contribution < 1.29 is 4.39 Å². The molecule has 2 rings (SSSR count). The van der Waals surface area contributed by atoms with Crippen molar-refractivity contribution in [2.75, 3.05) is 17.6 Å². The molecule has 0 aromatic heterocycles. The molecule has 0 saturated heterocycles. The van der Waals surface area contributed by atoms with Gasteiger partial charge in [-0.25, -0.2) is 4.39 Å². The highest BCUT2D eigenvalue weighted by molar-refractivity contribution is 7.99. The Kier molecular flexibility index (Phi) is 1.74. The Morgan fingerprint density at radius 2 is 2.36 bits per heavy atom. The molecule has 1 aromatic rings. The van der Waals surface area contributed by atoms with Crippen LogP contribution in [0.25, 0.3) is 0 Å². The molecule has 0 bridgehead atoms. The lowest BCUT2D eigenvalue weighted by atomic mass is 10.3. The lowest BCUT2D eigenvalue weighted by Gasteiger charge is -2.16. The zero-order chi connectivity index (χ0) is 7.68. The maximum absolute atomic E-state index is 12.7. The summed E-state index contributed by atoms with van der Waals surface area (Å²) in [4.78, 5) is 1.02. The van der Waals surface area contributed by atoms with E-state index in [9.17, 15) is 4.39 Å². The molecular weight excluding hydrogens is 161 g/mol. The Morgan fingerprint density at radius 1 is 1.45 bits per heavy atom. The molecule has 1 aliphatic heterocycles. The summed E-state index contributed by atoms with van der Waals surface area (Å²) in [5.41, 5.74) is 1.06. The monoisotopic (exact) mass is 169 g/mol. The number of halogens is 1. The number of rotatable bonds is 0. The lowest BCUT2D eigenvalue weighted by molar-refractivity contribution is 0.624. The van der Waals surface area contributed by atoms with Gasteiger partial charge in [-0.05, 0) is 18.2 Å². The summed E-state index contributed by atoms with van der Waals surface area (Å²) in [7, 11) is 0. The van der Waals surface area contributed by atoms with Gasteiger partial charge in [0, 0.05) is 22.9 Å². The van der Waals surface area contributed by atoms with Crippen LogP contribution in [0.3, 0.4) is 0 Å². The SMILES string of the molecule is Fc1ccc2c(c1)SCCN2. The fraction of sp³-hybridized carbons (Fsp3) is 0.250. The van der Waals surface area contributed by atoms with E-state index in [4.69, 9.17) is 0 Å². The topological polar surface area (TPSA) is 12.0 Å². The van der Waals surface area contributed by atoms with Crippen LogP contribution in [-0.4, -0.2) is 12.3 Å². The highest BCUT2D eigenvalue weighted by atomic mass is 32.2. The summed E-state index contributed by atoms with van der Waals surface area (Å²) in [5, 5.41) is 3.20. The van der Waals surface area contributed by atoms with Gasteiger partial charge in [0.15, 0.2) is 0 Å². The van der Waals surface area contributed by atoms with Crippen molar-refractivity contribution in [3.63, 3.8) is 0 Å². The number of hydrogen-bond donors (Lipinski definition) is 1. The van der Waals surface area contributed by atoms with Gasteiger partial charge in [0.2, 0.25) is 0 Å². The van der Waals surface area contributed by atoms with Crippen LogP contribution in [0.2, 0.25) is 0 Å². The van der Waals surface area contributed by atoms with Crippen LogP contribution in [-0.2, 0) is 0 Å². The summed E-state index contributed by atoms with van der Waals surface area (Å²) in [6, 6.07) is 4.85. The summed E-state index contributed by atoms with van der Waals surface area (Å²) in [6.45, 7) is 0.975. The molecule has 1 nitrogen and oxygen atoms in total. The van der Waals surface area contributed by atoms with Crippen LogP contribution in [0.1, 0.15) is 0 Å². The van der Waals surface area contributed by atoms with Gasteiger partial charge in [-0.15, -0.1) is 11.8 Å². The van der Waals surface area contributed by atoms with Gasteiger partial charge in [-0.1, -0.05) is 0 Å². The standard InChI is InChI=1S/C8H8FNS/c9-6-1-2-7-8(5-6)11-4-3-10-7/h1-2,5,10H,3-4H2. The van der Waals surface area contributed by atoms with Crippen molar-refractivity contribution >= 4 is 17.4 Å². The smallest absolute Gasteiger partial charge is 0.124 e. The van der Waals surface area contributed by atoms with Crippen molar-refractivity contribution in [1.29, 1.82) is 0 Å². The predicted octanol–water partition coefficient (Wildman–Crippen LogP) is 2.34. The lowest BCUT2D eigenvalue weighted by Crippen LogP contribution is -2.09. The first-order valence-electron chi connectivity index (χ1n) is 3.52. The normalized spacial score (nSPS) is 15.4. The summed E-state index contributed by atoms with van der Waals surface area (Å²) >= 11 is 1.70. The van der Waals surface area contributed by atoms with E-state index in [1.165, 1.54) is 6.07 Å². The number of benzene rings is 1. The predicted molar refractivity (Wildman–Crippen MR) is 45.6 cm³/mol. The third-order valence-electron chi connectivity index (χ3n) is 1.62. The maximum atomic E-state index is 12.7. The van der Waals surface area contributed by atoms with E-state index in [2.05, 4.69) is 5.32 Å². The molecule has 1 aliphatic rings. The molecule has 1 N–H and O–H groups in total. The Bertz CT molecular complexity index is 275. The summed E-state index contributed by atoms with van der Waals surface area (Å²) in [5.74, 6) is 0.871. The average molecular weight is 169 g/mol. The summed E-state index contributed by atoms with van der Waals surface area (Å²) in [6.07, 6.45) is 0. The van der Waals surface area contributed by atoms with Crippen molar-refractivity contribution in [3.05, 3.63) is 24.0 Å². The molecule has 0 radical (unpaired) electrons. The molecular formula is C8H8FNS. The van der Waals surface area contributed by atoms with Gasteiger partial charge in [-0.3, -0.25) is 0 Å². The fourth-order valence-electron chi connectivity index (χ4n) is 1.11. The molecule has 58 valence electrons. The highest BCUT2D eigenvalue weighted by Crippen LogP contribution is 2.30. The fourth-order valence-corrected chi connectivity index (χ4v) is 2.02. The average Bonchev–Trinajstić information content (AvgIpc) is 2.04. The Morgan fingerprint density at radius 3 is 3.27 bits per heavy atom. The number of nitrogens with one attached hydrogen (secondary N) is 1. The van der Waals surface area contributed by atoms with E-state index in [1.54, 1.807) is 23.9 Å². The quantitative estimate of drug-likeness (QED) is 0.639. The molecule has 0 aliphatic carbocycles. The largest absolute Gasteiger partial charge is 0.383 e. The minimum Gasteiger partial charge on any atom is -0.383 e. The van der Waals surface area contributed by atoms with Crippen LogP contribution in [0.4, 0.5) is 10.1 Å². The van der Waals surface area contributed by atoms with Gasteiger partial charge in [0.1, 0.15) is 5.82 Å².